The molecule has 1 aliphatic rings. The van der Waals surface area contributed by atoms with Crippen LogP contribution in [0.3, 0.4) is 0 Å². The average molecular weight is 352 g/mol. The highest BCUT2D eigenvalue weighted by molar-refractivity contribution is 6.36. The summed E-state index contributed by atoms with van der Waals surface area (Å²) < 4.78 is 5.58. The number of para-hydroxylation sites is 1. The molecule has 0 atom stereocenters. The van der Waals surface area contributed by atoms with Gasteiger partial charge in [-0.3, -0.25) is 4.79 Å². The maximum Gasteiger partial charge on any atom is 0.258 e. The van der Waals surface area contributed by atoms with E-state index in [1.54, 1.807) is 18.2 Å². The number of carbonyl (C=O) groups is 1. The molecule has 2 aromatic rings. The second kappa shape index (κ2) is 7.46. The molecule has 0 saturated heterocycles. The summed E-state index contributed by atoms with van der Waals surface area (Å²) in [4.78, 5) is 14.7. The van der Waals surface area contributed by atoms with Crippen molar-refractivity contribution in [1.29, 1.82) is 0 Å². The Kier molecular flexibility index (Phi) is 5.11. The number of anilines is 1. The number of hydrogen-bond donors (Lipinski definition) is 0. The summed E-state index contributed by atoms with van der Waals surface area (Å²) in [6, 6.07) is 13.1. The number of amides is 1. The van der Waals surface area contributed by atoms with E-state index in [-0.39, 0.29) is 12.5 Å². The van der Waals surface area contributed by atoms with E-state index < -0.39 is 0 Å². The number of halogens is 1. The van der Waals surface area contributed by atoms with Gasteiger partial charge < -0.3 is 9.64 Å². The van der Waals surface area contributed by atoms with Gasteiger partial charge in [-0.15, -0.1) is 6.42 Å². The zero-order chi connectivity index (χ0) is 17.8. The lowest BCUT2D eigenvalue weighted by Gasteiger charge is -2.15. The highest BCUT2D eigenvalue weighted by Crippen LogP contribution is 2.39. The topological polar surface area (TPSA) is 29.5 Å². The fourth-order valence-electron chi connectivity index (χ4n) is 2.93. The molecule has 0 saturated carbocycles. The molecule has 0 unspecified atom stereocenters. The third-order valence-electron chi connectivity index (χ3n) is 3.99. The first-order valence-electron chi connectivity index (χ1n) is 8.14. The quantitative estimate of drug-likeness (QED) is 0.579. The van der Waals surface area contributed by atoms with Crippen LogP contribution in [0.2, 0.25) is 5.02 Å². The second-order valence-electron chi connectivity index (χ2n) is 5.71. The van der Waals surface area contributed by atoms with Gasteiger partial charge >= 0.3 is 0 Å². The molecule has 2 aromatic carbocycles. The van der Waals surface area contributed by atoms with Crippen LogP contribution < -0.4 is 9.64 Å². The van der Waals surface area contributed by atoms with Crippen molar-refractivity contribution in [2.45, 2.75) is 13.3 Å². The molecule has 0 fully saturated rings. The van der Waals surface area contributed by atoms with Gasteiger partial charge in [0, 0.05) is 28.3 Å². The number of terminal acetylenes is 1. The van der Waals surface area contributed by atoms with Crippen LogP contribution in [0.4, 0.5) is 5.69 Å². The summed E-state index contributed by atoms with van der Waals surface area (Å²) in [5.41, 5.74) is 3.23. The third kappa shape index (κ3) is 3.40. The summed E-state index contributed by atoms with van der Waals surface area (Å²) in [5, 5.41) is 0.573. The second-order valence-corrected chi connectivity index (χ2v) is 6.14. The molecular formula is C21H18ClNO2. The first-order chi connectivity index (χ1) is 12.2. The van der Waals surface area contributed by atoms with Crippen molar-refractivity contribution < 1.29 is 9.53 Å². The van der Waals surface area contributed by atoms with E-state index in [0.29, 0.717) is 22.9 Å². The first-order valence-corrected chi connectivity index (χ1v) is 8.52. The van der Waals surface area contributed by atoms with Crippen molar-refractivity contribution in [3.8, 4) is 18.1 Å². The van der Waals surface area contributed by atoms with Gasteiger partial charge in [-0.05, 0) is 36.8 Å². The van der Waals surface area contributed by atoms with Crippen LogP contribution in [0.25, 0.3) is 11.6 Å². The predicted molar refractivity (Wildman–Crippen MR) is 103 cm³/mol. The van der Waals surface area contributed by atoms with Gasteiger partial charge in [-0.25, -0.2) is 0 Å². The number of nitrogens with zero attached hydrogens (tertiary/aromatic N) is 1. The Morgan fingerprint density at radius 2 is 2.08 bits per heavy atom. The van der Waals surface area contributed by atoms with Crippen LogP contribution in [0.5, 0.6) is 5.75 Å². The lowest BCUT2D eigenvalue weighted by Crippen LogP contribution is -2.26. The Morgan fingerprint density at radius 3 is 2.84 bits per heavy atom. The minimum atomic E-state index is -0.00840. The van der Waals surface area contributed by atoms with Crippen LogP contribution in [0.15, 0.2) is 42.5 Å². The molecule has 0 bridgehead atoms. The summed E-state index contributed by atoms with van der Waals surface area (Å²) in [6.45, 7) is 2.90. The van der Waals surface area contributed by atoms with E-state index in [2.05, 4.69) is 12.8 Å². The number of fused-ring (bicyclic) bond motifs is 1. The molecule has 3 rings (SSSR count). The molecule has 0 spiro atoms. The van der Waals surface area contributed by atoms with E-state index in [4.69, 9.17) is 22.8 Å². The Bertz CT molecular complexity index is 880. The van der Waals surface area contributed by atoms with E-state index in [1.807, 2.05) is 35.2 Å². The molecule has 25 heavy (non-hydrogen) atoms. The molecule has 0 radical (unpaired) electrons. The van der Waals surface area contributed by atoms with Gasteiger partial charge in [0.25, 0.3) is 5.91 Å². The molecule has 126 valence electrons. The standard InChI is InChI=1S/C21H18ClNO2/c1-3-11-23-19-8-6-5-7-17(19)18(21(23)24)14-15-13-16(22)9-10-20(15)25-12-4-2/h2,5-10,13-14H,3,11-12H2,1H3/b18-14-. The summed E-state index contributed by atoms with van der Waals surface area (Å²) in [6.07, 6.45) is 8.00. The molecule has 0 aliphatic carbocycles. The van der Waals surface area contributed by atoms with Crippen molar-refractivity contribution in [3.63, 3.8) is 0 Å². The number of rotatable bonds is 5. The zero-order valence-corrected chi connectivity index (χ0v) is 14.7. The summed E-state index contributed by atoms with van der Waals surface area (Å²) in [5.74, 6) is 3.05. The fraction of sp³-hybridized carbons (Fsp3) is 0.190. The monoisotopic (exact) mass is 351 g/mol. The van der Waals surface area contributed by atoms with Crippen molar-refractivity contribution in [3.05, 3.63) is 58.6 Å². The highest BCUT2D eigenvalue weighted by atomic mass is 35.5. The van der Waals surface area contributed by atoms with Crippen molar-refractivity contribution in [2.75, 3.05) is 18.1 Å². The molecular weight excluding hydrogens is 334 g/mol. The number of ether oxygens (including phenoxy) is 1. The highest BCUT2D eigenvalue weighted by Gasteiger charge is 2.31. The first kappa shape index (κ1) is 17.1. The maximum atomic E-state index is 12.9. The number of hydrogen-bond acceptors (Lipinski definition) is 2. The van der Waals surface area contributed by atoms with Gasteiger partial charge in [0.1, 0.15) is 12.4 Å². The van der Waals surface area contributed by atoms with Crippen molar-refractivity contribution in [1.82, 2.24) is 0 Å². The van der Waals surface area contributed by atoms with Gasteiger partial charge in [-0.2, -0.15) is 0 Å². The Labute approximate surface area is 152 Å². The van der Waals surface area contributed by atoms with Crippen LogP contribution in [0, 0.1) is 12.3 Å². The van der Waals surface area contributed by atoms with Gasteiger partial charge in [0.05, 0.1) is 5.69 Å². The lowest BCUT2D eigenvalue weighted by molar-refractivity contribution is -0.113. The molecule has 1 amide bonds. The van der Waals surface area contributed by atoms with Crippen molar-refractivity contribution in [2.24, 2.45) is 0 Å². The smallest absolute Gasteiger partial charge is 0.258 e. The summed E-state index contributed by atoms with van der Waals surface area (Å²) >= 11 is 6.13. The SMILES string of the molecule is C#CCOc1ccc(Cl)cc1/C=C1\C(=O)N(CCC)c2ccccc21. The average Bonchev–Trinajstić information content (AvgIpc) is 2.87. The molecule has 3 nitrogen and oxygen atoms in total. The largest absolute Gasteiger partial charge is 0.480 e. The van der Waals surface area contributed by atoms with Crippen LogP contribution in [-0.4, -0.2) is 19.1 Å². The summed E-state index contributed by atoms with van der Waals surface area (Å²) in [7, 11) is 0. The molecule has 4 heteroatoms. The van der Waals surface area contributed by atoms with E-state index in [1.165, 1.54) is 0 Å². The normalized spacial score (nSPS) is 14.5. The number of carbonyl (C=O) groups excluding carboxylic acids is 1. The molecule has 0 aromatic heterocycles. The van der Waals surface area contributed by atoms with Crippen LogP contribution in [0.1, 0.15) is 24.5 Å². The predicted octanol–water partition coefficient (Wildman–Crippen LogP) is 4.65. The Morgan fingerprint density at radius 1 is 1.28 bits per heavy atom. The number of benzene rings is 2. The van der Waals surface area contributed by atoms with Crippen molar-refractivity contribution >= 4 is 34.8 Å². The third-order valence-corrected chi connectivity index (χ3v) is 4.23. The van der Waals surface area contributed by atoms with Crippen LogP contribution in [-0.2, 0) is 4.79 Å². The Balaban J connectivity index is 2.09. The lowest BCUT2D eigenvalue weighted by atomic mass is 10.0. The molecule has 0 N–H and O–H groups in total. The van der Waals surface area contributed by atoms with Gasteiger partial charge in [-0.1, -0.05) is 42.6 Å². The zero-order valence-electron chi connectivity index (χ0n) is 14.0. The van der Waals surface area contributed by atoms with E-state index >= 15 is 0 Å². The minimum Gasteiger partial charge on any atom is -0.480 e. The van der Waals surface area contributed by atoms with E-state index in [9.17, 15) is 4.79 Å². The minimum absolute atomic E-state index is 0.00840. The van der Waals surface area contributed by atoms with Gasteiger partial charge in [0.15, 0.2) is 0 Å². The fourth-order valence-corrected chi connectivity index (χ4v) is 3.11. The van der Waals surface area contributed by atoms with E-state index in [0.717, 1.165) is 23.2 Å². The van der Waals surface area contributed by atoms with Crippen LogP contribution >= 0.6 is 11.6 Å². The molecule has 1 aliphatic heterocycles. The Hall–Kier alpha value is -2.70. The molecule has 1 heterocycles. The van der Waals surface area contributed by atoms with Gasteiger partial charge in [0.2, 0.25) is 0 Å². The maximum absolute atomic E-state index is 12.9.